The van der Waals surface area contributed by atoms with Gasteiger partial charge in [-0.1, -0.05) is 18.7 Å². The van der Waals surface area contributed by atoms with E-state index in [4.69, 9.17) is 18.6 Å². The van der Waals surface area contributed by atoms with Crippen molar-refractivity contribution in [3.05, 3.63) is 69.8 Å². The van der Waals surface area contributed by atoms with E-state index in [-0.39, 0.29) is 12.2 Å². The summed E-state index contributed by atoms with van der Waals surface area (Å²) in [7, 11) is 1.29. The van der Waals surface area contributed by atoms with Crippen molar-refractivity contribution in [2.24, 2.45) is 0 Å². The van der Waals surface area contributed by atoms with Crippen LogP contribution in [0.4, 0.5) is 0 Å². The normalized spacial score (nSPS) is 15.2. The van der Waals surface area contributed by atoms with E-state index in [2.05, 4.69) is 11.5 Å². The van der Waals surface area contributed by atoms with Gasteiger partial charge < -0.3 is 23.7 Å². The summed E-state index contributed by atoms with van der Waals surface area (Å²) < 4.78 is 21.8. The third kappa shape index (κ3) is 6.21. The van der Waals surface area contributed by atoms with Gasteiger partial charge in [-0.3, -0.25) is 14.5 Å². The third-order valence-corrected chi connectivity index (χ3v) is 5.17. The first kappa shape index (κ1) is 23.6. The number of rotatable bonds is 9. The van der Waals surface area contributed by atoms with Crippen molar-refractivity contribution in [1.29, 1.82) is 0 Å². The van der Waals surface area contributed by atoms with E-state index >= 15 is 0 Å². The largest absolute Gasteiger partial charge is 0.502 e. The highest BCUT2D eigenvalue weighted by atomic mass is 16.5. The second-order valence-corrected chi connectivity index (χ2v) is 7.83. The SMILES string of the molecule is C=C(C)COc1ccc([C@H](CC(=O)OC)c2oc(CN3CCOCC3)cc(=O)c2O)cc1. The minimum absolute atomic E-state index is 0.0433. The monoisotopic (exact) mass is 443 g/mol. The number of ether oxygens (including phenoxy) is 3. The summed E-state index contributed by atoms with van der Waals surface area (Å²) in [5, 5.41) is 10.5. The maximum atomic E-state index is 12.5. The van der Waals surface area contributed by atoms with Crippen molar-refractivity contribution in [1.82, 2.24) is 4.90 Å². The summed E-state index contributed by atoms with van der Waals surface area (Å²) in [6.07, 6.45) is -0.0972. The molecule has 0 bridgehead atoms. The molecule has 0 aliphatic carbocycles. The first-order valence-corrected chi connectivity index (χ1v) is 10.5. The van der Waals surface area contributed by atoms with Crippen LogP contribution in [0.3, 0.4) is 0 Å². The van der Waals surface area contributed by atoms with Gasteiger partial charge in [0, 0.05) is 19.2 Å². The fraction of sp³-hybridized carbons (Fsp3) is 0.417. The number of carbonyl (C=O) groups is 1. The van der Waals surface area contributed by atoms with Crippen LogP contribution in [-0.2, 0) is 20.8 Å². The molecule has 0 radical (unpaired) electrons. The molecule has 0 spiro atoms. The average molecular weight is 443 g/mol. The van der Waals surface area contributed by atoms with Gasteiger partial charge in [-0.2, -0.15) is 0 Å². The van der Waals surface area contributed by atoms with Gasteiger partial charge in [-0.05, 0) is 30.2 Å². The molecule has 1 fully saturated rings. The van der Waals surface area contributed by atoms with Crippen LogP contribution in [0.1, 0.15) is 36.3 Å². The molecule has 0 saturated carbocycles. The minimum Gasteiger partial charge on any atom is -0.502 e. The van der Waals surface area contributed by atoms with Crippen LogP contribution in [0.15, 0.2) is 51.7 Å². The van der Waals surface area contributed by atoms with Crippen LogP contribution in [-0.4, -0.2) is 56.0 Å². The lowest BCUT2D eigenvalue weighted by Crippen LogP contribution is -2.35. The predicted molar refractivity (Wildman–Crippen MR) is 118 cm³/mol. The predicted octanol–water partition coefficient (Wildman–Crippen LogP) is 2.83. The van der Waals surface area contributed by atoms with Crippen LogP contribution in [0.25, 0.3) is 0 Å². The molecular formula is C24H29NO7. The summed E-state index contributed by atoms with van der Waals surface area (Å²) in [4.78, 5) is 26.7. The number of nitrogens with zero attached hydrogens (tertiary/aromatic N) is 1. The van der Waals surface area contributed by atoms with Crippen LogP contribution >= 0.6 is 0 Å². The van der Waals surface area contributed by atoms with Crippen LogP contribution in [0.2, 0.25) is 0 Å². The number of hydrogen-bond donors (Lipinski definition) is 1. The Morgan fingerprint density at radius 3 is 2.56 bits per heavy atom. The summed E-state index contributed by atoms with van der Waals surface area (Å²) in [5.74, 6) is -0.594. The van der Waals surface area contributed by atoms with Gasteiger partial charge in [0.25, 0.3) is 0 Å². The molecule has 0 unspecified atom stereocenters. The van der Waals surface area contributed by atoms with E-state index in [1.54, 1.807) is 24.3 Å². The van der Waals surface area contributed by atoms with Gasteiger partial charge in [-0.25, -0.2) is 0 Å². The Morgan fingerprint density at radius 1 is 1.25 bits per heavy atom. The number of esters is 1. The number of benzene rings is 1. The van der Waals surface area contributed by atoms with Gasteiger partial charge >= 0.3 is 5.97 Å². The zero-order chi connectivity index (χ0) is 23.1. The standard InChI is InChI=1S/C24H29NO7/c1-16(2)15-31-18-6-4-17(5-7-18)20(13-22(27)29-3)24-23(28)21(26)12-19(32-24)14-25-8-10-30-11-9-25/h4-7,12,20,28H,1,8-11,13-15H2,2-3H3/t20-/m0/s1. The summed E-state index contributed by atoms with van der Waals surface area (Å²) in [5.41, 5.74) is 1.02. The first-order chi connectivity index (χ1) is 15.4. The molecule has 8 heteroatoms. The maximum Gasteiger partial charge on any atom is 0.306 e. The maximum absolute atomic E-state index is 12.5. The van der Waals surface area contributed by atoms with Gasteiger partial charge in [0.2, 0.25) is 11.2 Å². The lowest BCUT2D eigenvalue weighted by Gasteiger charge is -2.26. The van der Waals surface area contributed by atoms with Crippen molar-refractivity contribution in [2.75, 3.05) is 40.0 Å². The number of methoxy groups -OCH3 is 1. The first-order valence-electron chi connectivity index (χ1n) is 10.5. The molecule has 8 nitrogen and oxygen atoms in total. The Bertz CT molecular complexity index is 990. The Kier molecular flexibility index (Phi) is 8.08. The summed E-state index contributed by atoms with van der Waals surface area (Å²) >= 11 is 0. The zero-order valence-electron chi connectivity index (χ0n) is 18.5. The number of carbonyl (C=O) groups excluding carboxylic acids is 1. The highest BCUT2D eigenvalue weighted by Gasteiger charge is 2.27. The van der Waals surface area contributed by atoms with Crippen LogP contribution in [0, 0.1) is 0 Å². The molecular weight excluding hydrogens is 414 g/mol. The fourth-order valence-corrected chi connectivity index (χ4v) is 3.46. The topological polar surface area (TPSA) is 98.4 Å². The quantitative estimate of drug-likeness (QED) is 0.467. The molecule has 2 heterocycles. The smallest absolute Gasteiger partial charge is 0.306 e. The second kappa shape index (κ2) is 11.0. The van der Waals surface area contributed by atoms with Crippen molar-refractivity contribution >= 4 is 5.97 Å². The van der Waals surface area contributed by atoms with Gasteiger partial charge in [-0.15, -0.1) is 0 Å². The van der Waals surface area contributed by atoms with Gasteiger partial charge in [0.1, 0.15) is 18.1 Å². The molecule has 1 aromatic heterocycles. The molecule has 1 aliphatic heterocycles. The number of morpholine rings is 1. The zero-order valence-corrected chi connectivity index (χ0v) is 18.5. The molecule has 3 rings (SSSR count). The molecule has 1 N–H and O–H groups in total. The van der Waals surface area contributed by atoms with Gasteiger partial charge in [0.15, 0.2) is 5.76 Å². The second-order valence-electron chi connectivity index (χ2n) is 7.83. The summed E-state index contributed by atoms with van der Waals surface area (Å²) in [6.45, 7) is 9.14. The Balaban J connectivity index is 1.93. The highest BCUT2D eigenvalue weighted by Crippen LogP contribution is 2.34. The molecule has 0 amide bonds. The van der Waals surface area contributed by atoms with Crippen LogP contribution < -0.4 is 10.2 Å². The van der Waals surface area contributed by atoms with E-state index in [1.807, 2.05) is 6.92 Å². The van der Waals surface area contributed by atoms with E-state index in [9.17, 15) is 14.7 Å². The third-order valence-electron chi connectivity index (χ3n) is 5.17. The lowest BCUT2D eigenvalue weighted by atomic mass is 9.92. The summed E-state index contributed by atoms with van der Waals surface area (Å²) in [6, 6.07) is 8.35. The van der Waals surface area contributed by atoms with E-state index in [1.165, 1.54) is 13.2 Å². The Hall–Kier alpha value is -3.10. The van der Waals surface area contributed by atoms with Crippen molar-refractivity contribution < 1.29 is 28.5 Å². The Labute approximate surface area is 187 Å². The molecule has 1 aliphatic rings. The van der Waals surface area contributed by atoms with E-state index in [0.29, 0.717) is 43.4 Å². The highest BCUT2D eigenvalue weighted by molar-refractivity contribution is 5.71. The minimum atomic E-state index is -0.699. The molecule has 32 heavy (non-hydrogen) atoms. The molecule has 1 aromatic carbocycles. The van der Waals surface area contributed by atoms with E-state index < -0.39 is 23.1 Å². The number of hydrogen-bond acceptors (Lipinski definition) is 8. The van der Waals surface area contributed by atoms with Crippen LogP contribution in [0.5, 0.6) is 11.5 Å². The fourth-order valence-electron chi connectivity index (χ4n) is 3.46. The molecule has 2 aromatic rings. The molecule has 172 valence electrons. The van der Waals surface area contributed by atoms with Crippen molar-refractivity contribution in [3.63, 3.8) is 0 Å². The lowest BCUT2D eigenvalue weighted by molar-refractivity contribution is -0.140. The van der Waals surface area contributed by atoms with Crippen molar-refractivity contribution in [3.8, 4) is 11.5 Å². The Morgan fingerprint density at radius 2 is 1.94 bits per heavy atom. The van der Waals surface area contributed by atoms with Crippen molar-refractivity contribution in [2.45, 2.75) is 25.8 Å². The average Bonchev–Trinajstić information content (AvgIpc) is 2.79. The number of aromatic hydroxyl groups is 1. The molecule has 1 saturated heterocycles. The van der Waals surface area contributed by atoms with E-state index in [0.717, 1.165) is 18.7 Å². The van der Waals surface area contributed by atoms with Gasteiger partial charge in [0.05, 0.1) is 39.2 Å². The molecule has 1 atom stereocenters.